The lowest BCUT2D eigenvalue weighted by Gasteiger charge is -2.10. The number of aryl methyl sites for hydroxylation is 1. The molecule has 1 fully saturated rings. The second-order valence-corrected chi connectivity index (χ2v) is 3.91. The van der Waals surface area contributed by atoms with Crippen molar-refractivity contribution in [2.24, 2.45) is 0 Å². The predicted molar refractivity (Wildman–Crippen MR) is 62.1 cm³/mol. The van der Waals surface area contributed by atoms with Crippen LogP contribution in [0.5, 0.6) is 5.75 Å². The molecule has 1 N–H and O–H groups in total. The maximum Gasteiger partial charge on any atom is 0.257 e. The third kappa shape index (κ3) is 2.83. The molecule has 1 saturated heterocycles. The van der Waals surface area contributed by atoms with Gasteiger partial charge in [-0.25, -0.2) is 0 Å². The van der Waals surface area contributed by atoms with Crippen molar-refractivity contribution < 1.29 is 9.47 Å². The zero-order valence-electron chi connectivity index (χ0n) is 8.53. The van der Waals surface area contributed by atoms with E-state index in [0.717, 1.165) is 12.3 Å². The summed E-state index contributed by atoms with van der Waals surface area (Å²) in [6.45, 7) is 3.29. The number of hydrogen-bond donors (Lipinski definition) is 1. The van der Waals surface area contributed by atoms with Crippen molar-refractivity contribution >= 4 is 17.4 Å². The molecule has 0 bridgehead atoms. The molecule has 80 valence electrons. The van der Waals surface area contributed by atoms with E-state index in [1.54, 1.807) is 0 Å². The van der Waals surface area contributed by atoms with Crippen LogP contribution in [0.2, 0.25) is 0 Å². The number of benzene rings is 1. The molecule has 0 radical (unpaired) electrons. The van der Waals surface area contributed by atoms with Crippen LogP contribution >= 0.6 is 12.2 Å². The van der Waals surface area contributed by atoms with E-state index in [9.17, 15) is 0 Å². The predicted octanol–water partition coefficient (Wildman–Crippen LogP) is 1.65. The normalized spacial score (nSPS) is 19.5. The molecule has 2 rings (SSSR count). The SMILES string of the molecule is Cc1cccc(OC[C@@H]2CNC(=S)O2)c1. The van der Waals surface area contributed by atoms with E-state index in [2.05, 4.69) is 5.32 Å². The van der Waals surface area contributed by atoms with Gasteiger partial charge in [0, 0.05) is 0 Å². The summed E-state index contributed by atoms with van der Waals surface area (Å²) in [6, 6.07) is 7.95. The maximum atomic E-state index is 5.59. The van der Waals surface area contributed by atoms with E-state index in [-0.39, 0.29) is 6.10 Å². The first-order valence-electron chi connectivity index (χ1n) is 4.88. The second-order valence-electron chi connectivity index (χ2n) is 3.54. The summed E-state index contributed by atoms with van der Waals surface area (Å²) >= 11 is 4.86. The molecule has 15 heavy (non-hydrogen) atoms. The fraction of sp³-hybridized carbons (Fsp3) is 0.364. The number of thiocarbonyl (C=S) groups is 1. The van der Waals surface area contributed by atoms with Gasteiger partial charge in [0.25, 0.3) is 5.17 Å². The molecule has 0 aliphatic carbocycles. The average Bonchev–Trinajstić information content (AvgIpc) is 2.62. The Bertz CT molecular complexity index is 367. The first-order valence-corrected chi connectivity index (χ1v) is 5.29. The smallest absolute Gasteiger partial charge is 0.257 e. The van der Waals surface area contributed by atoms with Crippen molar-refractivity contribution in [2.75, 3.05) is 13.2 Å². The fourth-order valence-electron chi connectivity index (χ4n) is 1.42. The standard InChI is InChI=1S/C11H13NO2S/c1-8-3-2-4-9(5-8)13-7-10-6-12-11(15)14-10/h2-5,10H,6-7H2,1H3,(H,12,15)/t10-/m0/s1. The zero-order valence-corrected chi connectivity index (χ0v) is 9.34. The van der Waals surface area contributed by atoms with Gasteiger partial charge in [-0.05, 0) is 36.8 Å². The van der Waals surface area contributed by atoms with Crippen molar-refractivity contribution in [3.63, 3.8) is 0 Å². The fourth-order valence-corrected chi connectivity index (χ4v) is 1.64. The molecule has 1 aliphatic heterocycles. The quantitative estimate of drug-likeness (QED) is 0.789. The number of ether oxygens (including phenoxy) is 2. The lowest BCUT2D eigenvalue weighted by Crippen LogP contribution is -2.21. The van der Waals surface area contributed by atoms with Crippen molar-refractivity contribution in [1.29, 1.82) is 0 Å². The Hall–Kier alpha value is -1.29. The molecular weight excluding hydrogens is 210 g/mol. The van der Waals surface area contributed by atoms with Crippen molar-refractivity contribution in [3.05, 3.63) is 29.8 Å². The monoisotopic (exact) mass is 223 g/mol. The van der Waals surface area contributed by atoms with E-state index >= 15 is 0 Å². The van der Waals surface area contributed by atoms with Gasteiger partial charge in [0.1, 0.15) is 12.4 Å². The average molecular weight is 223 g/mol. The summed E-state index contributed by atoms with van der Waals surface area (Å²) in [7, 11) is 0. The van der Waals surface area contributed by atoms with Gasteiger partial charge in [-0.2, -0.15) is 0 Å². The van der Waals surface area contributed by atoms with Gasteiger partial charge in [0.05, 0.1) is 6.54 Å². The highest BCUT2D eigenvalue weighted by molar-refractivity contribution is 7.80. The highest BCUT2D eigenvalue weighted by Crippen LogP contribution is 2.13. The number of rotatable bonds is 3. The summed E-state index contributed by atoms with van der Waals surface area (Å²) in [5, 5.41) is 3.41. The lowest BCUT2D eigenvalue weighted by molar-refractivity contribution is 0.150. The third-order valence-corrected chi connectivity index (χ3v) is 2.41. The largest absolute Gasteiger partial charge is 0.490 e. The summed E-state index contributed by atoms with van der Waals surface area (Å²) in [4.78, 5) is 0. The molecule has 1 aliphatic rings. The summed E-state index contributed by atoms with van der Waals surface area (Å²) in [5.41, 5.74) is 1.19. The molecule has 1 aromatic rings. The summed E-state index contributed by atoms with van der Waals surface area (Å²) < 4.78 is 10.9. The molecule has 0 unspecified atom stereocenters. The Balaban J connectivity index is 1.85. The zero-order chi connectivity index (χ0) is 10.7. The first kappa shape index (κ1) is 10.2. The van der Waals surface area contributed by atoms with E-state index in [1.165, 1.54) is 5.56 Å². The van der Waals surface area contributed by atoms with Gasteiger partial charge in [-0.15, -0.1) is 0 Å². The Labute approximate surface area is 94.4 Å². The van der Waals surface area contributed by atoms with Crippen LogP contribution in [0.25, 0.3) is 0 Å². The minimum atomic E-state index is 0.0259. The highest BCUT2D eigenvalue weighted by Gasteiger charge is 2.20. The van der Waals surface area contributed by atoms with E-state index < -0.39 is 0 Å². The highest BCUT2D eigenvalue weighted by atomic mass is 32.1. The maximum absolute atomic E-state index is 5.59. The van der Waals surface area contributed by atoms with Crippen LogP contribution < -0.4 is 10.1 Å². The molecule has 4 heteroatoms. The molecule has 0 amide bonds. The van der Waals surface area contributed by atoms with Crippen molar-refractivity contribution in [1.82, 2.24) is 5.32 Å². The molecule has 1 atom stereocenters. The second kappa shape index (κ2) is 4.49. The van der Waals surface area contributed by atoms with Crippen molar-refractivity contribution in [3.8, 4) is 5.75 Å². The Kier molecular flexibility index (Phi) is 3.06. The minimum absolute atomic E-state index is 0.0259. The number of hydrogen-bond acceptors (Lipinski definition) is 3. The van der Waals surface area contributed by atoms with Gasteiger partial charge in [0.2, 0.25) is 0 Å². The van der Waals surface area contributed by atoms with Gasteiger partial charge >= 0.3 is 0 Å². The Morgan fingerprint density at radius 1 is 1.60 bits per heavy atom. The summed E-state index contributed by atoms with van der Waals surface area (Å²) in [5.74, 6) is 0.872. The molecular formula is C11H13NO2S. The van der Waals surface area contributed by atoms with Gasteiger partial charge < -0.3 is 14.8 Å². The van der Waals surface area contributed by atoms with Gasteiger partial charge in [0.15, 0.2) is 6.10 Å². The first-order chi connectivity index (χ1) is 7.24. The van der Waals surface area contributed by atoms with Crippen LogP contribution in [-0.4, -0.2) is 24.4 Å². The molecule has 0 aromatic heterocycles. The van der Waals surface area contributed by atoms with E-state index in [0.29, 0.717) is 11.8 Å². The topological polar surface area (TPSA) is 30.5 Å². The van der Waals surface area contributed by atoms with E-state index in [1.807, 2.05) is 31.2 Å². The third-order valence-electron chi connectivity index (χ3n) is 2.17. The molecule has 1 aromatic carbocycles. The van der Waals surface area contributed by atoms with Crippen LogP contribution in [0.1, 0.15) is 5.56 Å². The van der Waals surface area contributed by atoms with Crippen LogP contribution in [0, 0.1) is 6.92 Å². The van der Waals surface area contributed by atoms with E-state index in [4.69, 9.17) is 21.7 Å². The Morgan fingerprint density at radius 2 is 2.47 bits per heavy atom. The molecule has 0 saturated carbocycles. The molecule has 3 nitrogen and oxygen atoms in total. The lowest BCUT2D eigenvalue weighted by atomic mass is 10.2. The van der Waals surface area contributed by atoms with Crippen molar-refractivity contribution in [2.45, 2.75) is 13.0 Å². The van der Waals surface area contributed by atoms with Crippen LogP contribution in [0.4, 0.5) is 0 Å². The minimum Gasteiger partial charge on any atom is -0.490 e. The molecule has 1 heterocycles. The Morgan fingerprint density at radius 3 is 3.13 bits per heavy atom. The van der Waals surface area contributed by atoms with Gasteiger partial charge in [-0.1, -0.05) is 12.1 Å². The molecule has 0 spiro atoms. The van der Waals surface area contributed by atoms with Crippen LogP contribution in [0.3, 0.4) is 0 Å². The summed E-state index contributed by atoms with van der Waals surface area (Å²) in [6.07, 6.45) is 0.0259. The van der Waals surface area contributed by atoms with Crippen LogP contribution in [-0.2, 0) is 4.74 Å². The van der Waals surface area contributed by atoms with Crippen LogP contribution in [0.15, 0.2) is 24.3 Å². The number of nitrogens with one attached hydrogen (secondary N) is 1. The van der Waals surface area contributed by atoms with Gasteiger partial charge in [-0.3, -0.25) is 0 Å².